The molecule has 3 heteroatoms. The van der Waals surface area contributed by atoms with Crippen LogP contribution < -0.4 is 11.1 Å². The standard InChI is InChI=1S/C12H21N3/c1-3-6-14-7-4-5-11-8-10(2)9-15-12(11)13/h8-9,14H,3-7H2,1-2H3,(H2,13,15). The number of nitrogens with two attached hydrogens (primary N) is 1. The van der Waals surface area contributed by atoms with Crippen molar-refractivity contribution in [3.8, 4) is 0 Å². The number of pyridine rings is 1. The minimum absolute atomic E-state index is 0.677. The highest BCUT2D eigenvalue weighted by Crippen LogP contribution is 2.11. The first-order valence-electron chi connectivity index (χ1n) is 5.65. The number of aryl methyl sites for hydroxylation is 2. The monoisotopic (exact) mass is 207 g/mol. The lowest BCUT2D eigenvalue weighted by atomic mass is 10.1. The Balaban J connectivity index is 2.33. The van der Waals surface area contributed by atoms with Crippen LogP contribution in [0.25, 0.3) is 0 Å². The molecule has 0 amide bonds. The SMILES string of the molecule is CCCNCCCc1cc(C)cnc1N. The van der Waals surface area contributed by atoms with Crippen molar-refractivity contribution in [1.29, 1.82) is 0 Å². The number of aromatic nitrogens is 1. The van der Waals surface area contributed by atoms with E-state index >= 15 is 0 Å². The molecule has 0 aliphatic rings. The normalized spacial score (nSPS) is 10.5. The molecular formula is C12H21N3. The summed E-state index contributed by atoms with van der Waals surface area (Å²) in [5.74, 6) is 0.677. The molecule has 0 aliphatic heterocycles. The molecule has 1 aromatic heterocycles. The summed E-state index contributed by atoms with van der Waals surface area (Å²) in [7, 11) is 0. The molecule has 0 spiro atoms. The number of nitrogens with one attached hydrogen (secondary N) is 1. The molecule has 0 aromatic carbocycles. The summed E-state index contributed by atoms with van der Waals surface area (Å²) in [5, 5.41) is 3.38. The van der Waals surface area contributed by atoms with Gasteiger partial charge in [0.1, 0.15) is 5.82 Å². The second-order valence-electron chi connectivity index (χ2n) is 3.91. The van der Waals surface area contributed by atoms with Crippen LogP contribution in [0.5, 0.6) is 0 Å². The van der Waals surface area contributed by atoms with E-state index in [1.807, 2.05) is 13.1 Å². The molecule has 0 radical (unpaired) electrons. The number of nitrogens with zero attached hydrogens (tertiary/aromatic N) is 1. The van der Waals surface area contributed by atoms with Crippen molar-refractivity contribution >= 4 is 5.82 Å². The van der Waals surface area contributed by atoms with Gasteiger partial charge in [-0.05, 0) is 50.4 Å². The first-order valence-corrected chi connectivity index (χ1v) is 5.65. The van der Waals surface area contributed by atoms with E-state index in [1.165, 1.54) is 17.5 Å². The molecule has 0 saturated heterocycles. The molecule has 3 N–H and O–H groups in total. The highest BCUT2D eigenvalue weighted by atomic mass is 14.8. The molecule has 0 bridgehead atoms. The minimum Gasteiger partial charge on any atom is -0.383 e. The fourth-order valence-corrected chi connectivity index (χ4v) is 1.55. The van der Waals surface area contributed by atoms with E-state index in [9.17, 15) is 0 Å². The Morgan fingerprint density at radius 1 is 1.40 bits per heavy atom. The van der Waals surface area contributed by atoms with E-state index in [1.54, 1.807) is 0 Å². The van der Waals surface area contributed by atoms with Crippen molar-refractivity contribution in [3.63, 3.8) is 0 Å². The van der Waals surface area contributed by atoms with Gasteiger partial charge in [-0.1, -0.05) is 13.0 Å². The van der Waals surface area contributed by atoms with Crippen LogP contribution >= 0.6 is 0 Å². The van der Waals surface area contributed by atoms with E-state index < -0.39 is 0 Å². The van der Waals surface area contributed by atoms with Crippen LogP contribution in [-0.2, 0) is 6.42 Å². The van der Waals surface area contributed by atoms with Gasteiger partial charge in [-0.15, -0.1) is 0 Å². The zero-order chi connectivity index (χ0) is 11.1. The van der Waals surface area contributed by atoms with Crippen LogP contribution in [0.2, 0.25) is 0 Å². The smallest absolute Gasteiger partial charge is 0.126 e. The predicted octanol–water partition coefficient (Wildman–Crippen LogP) is 1.90. The van der Waals surface area contributed by atoms with Gasteiger partial charge >= 0.3 is 0 Å². The van der Waals surface area contributed by atoms with Gasteiger partial charge in [-0.2, -0.15) is 0 Å². The largest absolute Gasteiger partial charge is 0.383 e. The van der Waals surface area contributed by atoms with Crippen molar-refractivity contribution in [3.05, 3.63) is 23.4 Å². The van der Waals surface area contributed by atoms with Crippen LogP contribution in [0.15, 0.2) is 12.3 Å². The summed E-state index contributed by atoms with van der Waals surface area (Å²) in [4.78, 5) is 4.15. The van der Waals surface area contributed by atoms with Gasteiger partial charge < -0.3 is 11.1 Å². The average molecular weight is 207 g/mol. The molecule has 84 valence electrons. The fraction of sp³-hybridized carbons (Fsp3) is 0.583. The molecule has 1 heterocycles. The maximum absolute atomic E-state index is 5.80. The Hall–Kier alpha value is -1.09. The first kappa shape index (κ1) is 12.0. The summed E-state index contributed by atoms with van der Waals surface area (Å²) in [6.07, 6.45) is 5.13. The average Bonchev–Trinajstić information content (AvgIpc) is 2.23. The zero-order valence-corrected chi connectivity index (χ0v) is 9.71. The Morgan fingerprint density at radius 2 is 2.20 bits per heavy atom. The molecule has 15 heavy (non-hydrogen) atoms. The zero-order valence-electron chi connectivity index (χ0n) is 9.71. The quantitative estimate of drug-likeness (QED) is 0.701. The van der Waals surface area contributed by atoms with E-state index in [4.69, 9.17) is 5.73 Å². The summed E-state index contributed by atoms with van der Waals surface area (Å²) < 4.78 is 0. The van der Waals surface area contributed by atoms with Crippen molar-refractivity contribution in [2.24, 2.45) is 0 Å². The molecule has 1 aromatic rings. The number of hydrogen-bond donors (Lipinski definition) is 2. The fourth-order valence-electron chi connectivity index (χ4n) is 1.55. The Labute approximate surface area is 92.1 Å². The van der Waals surface area contributed by atoms with Crippen molar-refractivity contribution in [1.82, 2.24) is 10.3 Å². The van der Waals surface area contributed by atoms with Gasteiger partial charge in [0.25, 0.3) is 0 Å². The van der Waals surface area contributed by atoms with Gasteiger partial charge in [0.15, 0.2) is 0 Å². The van der Waals surface area contributed by atoms with E-state index in [-0.39, 0.29) is 0 Å². The molecule has 0 unspecified atom stereocenters. The molecular weight excluding hydrogens is 186 g/mol. The van der Waals surface area contributed by atoms with Crippen LogP contribution in [-0.4, -0.2) is 18.1 Å². The van der Waals surface area contributed by atoms with E-state index in [0.717, 1.165) is 25.9 Å². The lowest BCUT2D eigenvalue weighted by Gasteiger charge is -2.06. The Kier molecular flexibility index (Phi) is 5.12. The number of anilines is 1. The molecule has 0 saturated carbocycles. The highest BCUT2D eigenvalue weighted by Gasteiger charge is 2.00. The number of nitrogen functional groups attached to an aromatic ring is 1. The first-order chi connectivity index (χ1) is 7.24. The maximum atomic E-state index is 5.80. The third-order valence-corrected chi connectivity index (χ3v) is 2.36. The maximum Gasteiger partial charge on any atom is 0.126 e. The van der Waals surface area contributed by atoms with Crippen LogP contribution in [0.3, 0.4) is 0 Å². The van der Waals surface area contributed by atoms with Gasteiger partial charge in [0, 0.05) is 6.20 Å². The van der Waals surface area contributed by atoms with Crippen LogP contribution in [0.4, 0.5) is 5.82 Å². The summed E-state index contributed by atoms with van der Waals surface area (Å²) in [5.41, 5.74) is 8.15. The van der Waals surface area contributed by atoms with Gasteiger partial charge in [0.05, 0.1) is 0 Å². The van der Waals surface area contributed by atoms with Gasteiger partial charge in [-0.3, -0.25) is 0 Å². The predicted molar refractivity (Wildman–Crippen MR) is 64.9 cm³/mol. The van der Waals surface area contributed by atoms with Crippen LogP contribution in [0.1, 0.15) is 30.9 Å². The van der Waals surface area contributed by atoms with Crippen molar-refractivity contribution < 1.29 is 0 Å². The molecule has 3 nitrogen and oxygen atoms in total. The van der Waals surface area contributed by atoms with Gasteiger partial charge in [0.2, 0.25) is 0 Å². The summed E-state index contributed by atoms with van der Waals surface area (Å²) in [6.45, 7) is 6.38. The molecule has 0 fully saturated rings. The van der Waals surface area contributed by atoms with Gasteiger partial charge in [-0.25, -0.2) is 4.98 Å². The molecule has 0 atom stereocenters. The van der Waals surface area contributed by atoms with Crippen molar-refractivity contribution in [2.45, 2.75) is 33.1 Å². The molecule has 1 rings (SSSR count). The van der Waals surface area contributed by atoms with Crippen LogP contribution in [0, 0.1) is 6.92 Å². The topological polar surface area (TPSA) is 50.9 Å². The Bertz CT molecular complexity index is 297. The second-order valence-corrected chi connectivity index (χ2v) is 3.91. The highest BCUT2D eigenvalue weighted by molar-refractivity contribution is 5.40. The van der Waals surface area contributed by atoms with E-state index in [0.29, 0.717) is 5.82 Å². The Morgan fingerprint density at radius 3 is 2.93 bits per heavy atom. The third-order valence-electron chi connectivity index (χ3n) is 2.36. The second kappa shape index (κ2) is 6.40. The van der Waals surface area contributed by atoms with Crippen molar-refractivity contribution in [2.75, 3.05) is 18.8 Å². The lowest BCUT2D eigenvalue weighted by Crippen LogP contribution is -2.16. The molecule has 0 aliphatic carbocycles. The number of hydrogen-bond acceptors (Lipinski definition) is 3. The minimum atomic E-state index is 0.677. The third kappa shape index (κ3) is 4.30. The summed E-state index contributed by atoms with van der Waals surface area (Å²) in [6, 6.07) is 2.13. The lowest BCUT2D eigenvalue weighted by molar-refractivity contribution is 0.640. The number of rotatable bonds is 6. The van der Waals surface area contributed by atoms with E-state index in [2.05, 4.69) is 23.3 Å². The summed E-state index contributed by atoms with van der Waals surface area (Å²) >= 11 is 0.